The van der Waals surface area contributed by atoms with E-state index in [0.29, 0.717) is 25.8 Å². The molecule has 0 heterocycles. The standard InChI is InChI=1S/C16H31N7O5/c1-9(2)6-11(15(28)22-7-12(24)21-8-13(25)26)23-14(27)10(17)4-3-5-20-16(18)19/h9-11H,3-8,17H2,1-2H3,(H,21,24)(H,22,28)(H,23,27)(H,25,26)(H4,18,19,20). The van der Waals surface area contributed by atoms with E-state index in [1.807, 2.05) is 13.8 Å². The summed E-state index contributed by atoms with van der Waals surface area (Å²) in [6, 6.07) is -1.71. The topological polar surface area (TPSA) is 215 Å². The molecule has 0 rings (SSSR count). The van der Waals surface area contributed by atoms with Gasteiger partial charge in [-0.2, -0.15) is 0 Å². The Morgan fingerprint density at radius 3 is 2.21 bits per heavy atom. The molecule has 160 valence electrons. The highest BCUT2D eigenvalue weighted by atomic mass is 16.4. The lowest BCUT2D eigenvalue weighted by molar-refractivity contribution is -0.138. The van der Waals surface area contributed by atoms with Gasteiger partial charge in [-0.1, -0.05) is 13.8 Å². The molecule has 0 radical (unpaired) electrons. The van der Waals surface area contributed by atoms with E-state index >= 15 is 0 Å². The van der Waals surface area contributed by atoms with Crippen molar-refractivity contribution < 1.29 is 24.3 Å². The molecule has 2 unspecified atom stereocenters. The summed E-state index contributed by atoms with van der Waals surface area (Å²) in [5.74, 6) is -2.85. The average molecular weight is 401 g/mol. The van der Waals surface area contributed by atoms with Crippen molar-refractivity contribution in [3.05, 3.63) is 0 Å². The predicted molar refractivity (Wildman–Crippen MR) is 103 cm³/mol. The van der Waals surface area contributed by atoms with Crippen LogP contribution in [0, 0.1) is 5.92 Å². The van der Waals surface area contributed by atoms with Crippen molar-refractivity contribution >= 4 is 29.7 Å². The number of carbonyl (C=O) groups is 4. The lowest BCUT2D eigenvalue weighted by Crippen LogP contribution is -2.53. The number of carbonyl (C=O) groups excluding carboxylic acids is 3. The maximum atomic E-state index is 12.3. The number of hydrogen-bond donors (Lipinski definition) is 7. The molecule has 0 aliphatic carbocycles. The van der Waals surface area contributed by atoms with Gasteiger partial charge >= 0.3 is 5.97 Å². The zero-order valence-corrected chi connectivity index (χ0v) is 16.2. The predicted octanol–water partition coefficient (Wildman–Crippen LogP) is -2.78. The van der Waals surface area contributed by atoms with E-state index in [1.54, 1.807) is 0 Å². The minimum Gasteiger partial charge on any atom is -0.480 e. The van der Waals surface area contributed by atoms with Gasteiger partial charge in [-0.3, -0.25) is 24.2 Å². The van der Waals surface area contributed by atoms with Crippen LogP contribution in [0.5, 0.6) is 0 Å². The molecule has 0 aliphatic rings. The number of nitrogens with one attached hydrogen (secondary N) is 3. The van der Waals surface area contributed by atoms with Gasteiger partial charge in [0.2, 0.25) is 17.7 Å². The van der Waals surface area contributed by atoms with Crippen LogP contribution in [0.1, 0.15) is 33.1 Å². The van der Waals surface area contributed by atoms with Crippen molar-refractivity contribution in [2.75, 3.05) is 19.6 Å². The van der Waals surface area contributed by atoms with Gasteiger partial charge in [-0.05, 0) is 25.2 Å². The molecule has 12 nitrogen and oxygen atoms in total. The van der Waals surface area contributed by atoms with Crippen LogP contribution in [-0.4, -0.2) is 66.5 Å². The first-order valence-electron chi connectivity index (χ1n) is 8.90. The van der Waals surface area contributed by atoms with E-state index in [0.717, 1.165) is 0 Å². The number of hydrogen-bond acceptors (Lipinski definition) is 6. The van der Waals surface area contributed by atoms with Gasteiger partial charge in [-0.15, -0.1) is 0 Å². The van der Waals surface area contributed by atoms with E-state index in [-0.39, 0.29) is 11.9 Å². The smallest absolute Gasteiger partial charge is 0.322 e. The minimum atomic E-state index is -1.20. The minimum absolute atomic E-state index is 0.0425. The van der Waals surface area contributed by atoms with Gasteiger partial charge in [0.15, 0.2) is 5.96 Å². The molecule has 12 heteroatoms. The summed E-state index contributed by atoms with van der Waals surface area (Å²) < 4.78 is 0. The van der Waals surface area contributed by atoms with Gasteiger partial charge < -0.3 is 38.3 Å². The highest BCUT2D eigenvalue weighted by Gasteiger charge is 2.24. The first-order chi connectivity index (χ1) is 13.0. The monoisotopic (exact) mass is 401 g/mol. The third-order valence-corrected chi connectivity index (χ3v) is 3.50. The summed E-state index contributed by atoms with van der Waals surface area (Å²) >= 11 is 0. The summed E-state index contributed by atoms with van der Waals surface area (Å²) in [5.41, 5.74) is 16.3. The number of guanidine groups is 1. The molecule has 0 aromatic carbocycles. The highest BCUT2D eigenvalue weighted by molar-refractivity contribution is 5.92. The molecule has 0 saturated carbocycles. The second-order valence-electron chi connectivity index (χ2n) is 6.63. The van der Waals surface area contributed by atoms with Crippen LogP contribution >= 0.6 is 0 Å². The Bertz CT molecular complexity index is 576. The summed E-state index contributed by atoms with van der Waals surface area (Å²) in [5, 5.41) is 15.6. The first-order valence-corrected chi connectivity index (χ1v) is 8.90. The Hall–Kier alpha value is -2.89. The second-order valence-corrected chi connectivity index (χ2v) is 6.63. The number of nitrogens with two attached hydrogens (primary N) is 3. The summed E-state index contributed by atoms with van der Waals surface area (Å²) in [7, 11) is 0. The van der Waals surface area contributed by atoms with Crippen LogP contribution in [0.3, 0.4) is 0 Å². The molecule has 0 aliphatic heterocycles. The number of nitrogens with zero attached hydrogens (tertiary/aromatic N) is 1. The van der Waals surface area contributed by atoms with E-state index in [2.05, 4.69) is 20.9 Å². The van der Waals surface area contributed by atoms with Gasteiger partial charge in [-0.25, -0.2) is 0 Å². The van der Waals surface area contributed by atoms with Crippen molar-refractivity contribution in [3.8, 4) is 0 Å². The SMILES string of the molecule is CC(C)CC(NC(=O)C(N)CCCN=C(N)N)C(=O)NCC(=O)NCC(=O)O. The second kappa shape index (κ2) is 13.3. The fraction of sp³-hybridized carbons (Fsp3) is 0.688. The lowest BCUT2D eigenvalue weighted by Gasteiger charge is -2.22. The Morgan fingerprint density at radius 2 is 1.68 bits per heavy atom. The van der Waals surface area contributed by atoms with Gasteiger partial charge in [0, 0.05) is 6.54 Å². The van der Waals surface area contributed by atoms with E-state index in [9.17, 15) is 19.2 Å². The molecule has 0 saturated heterocycles. The average Bonchev–Trinajstić information content (AvgIpc) is 2.59. The Labute approximate surface area is 163 Å². The first kappa shape index (κ1) is 25.1. The van der Waals surface area contributed by atoms with Crippen LogP contribution in [0.2, 0.25) is 0 Å². The van der Waals surface area contributed by atoms with Crippen LogP contribution in [0.15, 0.2) is 4.99 Å². The summed E-state index contributed by atoms with van der Waals surface area (Å²) in [4.78, 5) is 50.2. The van der Waals surface area contributed by atoms with Gasteiger partial charge in [0.1, 0.15) is 12.6 Å². The number of carboxylic acids is 1. The van der Waals surface area contributed by atoms with E-state index < -0.39 is 48.9 Å². The normalized spacial score (nSPS) is 12.6. The molecule has 0 aromatic rings. The zero-order valence-electron chi connectivity index (χ0n) is 16.2. The number of aliphatic carboxylic acids is 1. The van der Waals surface area contributed by atoms with Gasteiger partial charge in [0.25, 0.3) is 0 Å². The molecule has 0 bridgehead atoms. The van der Waals surface area contributed by atoms with Crippen LogP contribution in [-0.2, 0) is 19.2 Å². The van der Waals surface area contributed by atoms with Crippen molar-refractivity contribution in [1.29, 1.82) is 0 Å². The van der Waals surface area contributed by atoms with Crippen LogP contribution in [0.25, 0.3) is 0 Å². The zero-order chi connectivity index (χ0) is 21.7. The summed E-state index contributed by atoms with van der Waals surface area (Å²) in [6.45, 7) is 3.14. The maximum Gasteiger partial charge on any atom is 0.322 e. The maximum absolute atomic E-state index is 12.3. The van der Waals surface area contributed by atoms with Crippen molar-refractivity contribution in [3.63, 3.8) is 0 Å². The molecule has 0 fully saturated rings. The molecule has 0 aromatic heterocycles. The van der Waals surface area contributed by atoms with Crippen LogP contribution < -0.4 is 33.2 Å². The molecule has 2 atom stereocenters. The third-order valence-electron chi connectivity index (χ3n) is 3.50. The largest absolute Gasteiger partial charge is 0.480 e. The van der Waals surface area contributed by atoms with Gasteiger partial charge in [0.05, 0.1) is 12.6 Å². The van der Waals surface area contributed by atoms with Crippen molar-refractivity contribution in [1.82, 2.24) is 16.0 Å². The lowest BCUT2D eigenvalue weighted by atomic mass is 10.0. The molecule has 0 spiro atoms. The fourth-order valence-electron chi connectivity index (χ4n) is 2.16. The number of carboxylic acid groups (broad SMARTS) is 1. The molecule has 28 heavy (non-hydrogen) atoms. The number of aliphatic imine (C=N–C) groups is 1. The highest BCUT2D eigenvalue weighted by Crippen LogP contribution is 2.06. The van der Waals surface area contributed by atoms with Crippen molar-refractivity contribution in [2.45, 2.75) is 45.2 Å². The quantitative estimate of drug-likeness (QED) is 0.0970. The molecule has 3 amide bonds. The van der Waals surface area contributed by atoms with Crippen molar-refractivity contribution in [2.24, 2.45) is 28.1 Å². The Balaban J connectivity index is 4.60. The fourth-order valence-corrected chi connectivity index (χ4v) is 2.16. The third kappa shape index (κ3) is 12.5. The number of rotatable bonds is 13. The Morgan fingerprint density at radius 1 is 1.04 bits per heavy atom. The molecular weight excluding hydrogens is 370 g/mol. The molecular formula is C16H31N7O5. The van der Waals surface area contributed by atoms with E-state index in [4.69, 9.17) is 22.3 Å². The van der Waals surface area contributed by atoms with Crippen LogP contribution in [0.4, 0.5) is 0 Å². The Kier molecular flexibility index (Phi) is 11.9. The molecule has 10 N–H and O–H groups in total. The van der Waals surface area contributed by atoms with E-state index in [1.165, 1.54) is 0 Å². The summed E-state index contributed by atoms with van der Waals surface area (Å²) in [6.07, 6.45) is 1.17. The number of amides is 3.